The molecule has 1 atom stereocenters. The molecule has 0 bridgehead atoms. The molecule has 2 rings (SSSR count). The molecule has 5 heteroatoms. The molecule has 0 aromatic heterocycles. The minimum atomic E-state index is -0.576. The number of nitrogens with one attached hydrogen (secondary N) is 1. The Morgan fingerprint density at radius 3 is 2.16 bits per heavy atom. The lowest BCUT2D eigenvalue weighted by molar-refractivity contribution is 0.106. The molecule has 1 heterocycles. The van der Waals surface area contributed by atoms with Crippen molar-refractivity contribution in [2.45, 2.75) is 38.3 Å². The zero-order valence-electron chi connectivity index (χ0n) is 11.4. The van der Waals surface area contributed by atoms with Gasteiger partial charge in [-0.2, -0.15) is 0 Å². The second kappa shape index (κ2) is 5.53. The van der Waals surface area contributed by atoms with E-state index in [0.29, 0.717) is 5.56 Å². The zero-order chi connectivity index (χ0) is 14.0. The maximum atomic E-state index is 13.4. The van der Waals surface area contributed by atoms with Crippen LogP contribution in [0.4, 0.5) is 8.78 Å². The van der Waals surface area contributed by atoms with Gasteiger partial charge in [0.05, 0.1) is 6.04 Å². The molecule has 0 spiro atoms. The molecule has 1 fully saturated rings. The second-order valence-corrected chi connectivity index (χ2v) is 5.65. The van der Waals surface area contributed by atoms with Gasteiger partial charge in [-0.1, -0.05) is 0 Å². The summed E-state index contributed by atoms with van der Waals surface area (Å²) in [5, 5.41) is 0. The topological polar surface area (TPSA) is 41.3 Å². The lowest BCUT2D eigenvalue weighted by atomic mass is 9.87. The molecule has 3 nitrogen and oxygen atoms in total. The SMILES string of the molecule is CC(C)(C(NN)c1cc(F)cc(F)c1)N1CCCC1. The number of halogens is 2. The molecular weight excluding hydrogens is 248 g/mol. The third kappa shape index (κ3) is 2.94. The van der Waals surface area contributed by atoms with Crippen LogP contribution in [0.5, 0.6) is 0 Å². The molecule has 1 aromatic rings. The molecule has 1 aromatic carbocycles. The van der Waals surface area contributed by atoms with Crippen LogP contribution in [0.25, 0.3) is 0 Å². The van der Waals surface area contributed by atoms with Crippen LogP contribution in [-0.4, -0.2) is 23.5 Å². The Bertz CT molecular complexity index is 422. The van der Waals surface area contributed by atoms with E-state index in [4.69, 9.17) is 5.84 Å². The normalized spacial score (nSPS) is 18.8. The summed E-state index contributed by atoms with van der Waals surface area (Å²) < 4.78 is 26.7. The van der Waals surface area contributed by atoms with Crippen molar-refractivity contribution >= 4 is 0 Å². The first-order valence-corrected chi connectivity index (χ1v) is 6.62. The smallest absolute Gasteiger partial charge is 0.126 e. The van der Waals surface area contributed by atoms with E-state index in [-0.39, 0.29) is 11.6 Å². The zero-order valence-corrected chi connectivity index (χ0v) is 11.4. The van der Waals surface area contributed by atoms with E-state index in [9.17, 15) is 8.78 Å². The third-order valence-electron chi connectivity index (χ3n) is 4.01. The molecule has 0 radical (unpaired) electrons. The lowest BCUT2D eigenvalue weighted by Crippen LogP contribution is -2.53. The first-order chi connectivity index (χ1) is 8.95. The van der Waals surface area contributed by atoms with Crippen LogP contribution in [0, 0.1) is 11.6 Å². The van der Waals surface area contributed by atoms with E-state index in [2.05, 4.69) is 10.3 Å². The number of rotatable bonds is 4. The van der Waals surface area contributed by atoms with Gasteiger partial charge in [-0.15, -0.1) is 0 Å². The average Bonchev–Trinajstić information content (AvgIpc) is 2.81. The van der Waals surface area contributed by atoms with Crippen molar-refractivity contribution < 1.29 is 8.78 Å². The largest absolute Gasteiger partial charge is 0.296 e. The Hall–Kier alpha value is -1.04. The molecule has 3 N–H and O–H groups in total. The van der Waals surface area contributed by atoms with Crippen molar-refractivity contribution in [3.8, 4) is 0 Å². The van der Waals surface area contributed by atoms with Gasteiger partial charge >= 0.3 is 0 Å². The maximum Gasteiger partial charge on any atom is 0.126 e. The Morgan fingerprint density at radius 1 is 1.16 bits per heavy atom. The first kappa shape index (κ1) is 14.4. The molecule has 0 saturated carbocycles. The highest BCUT2D eigenvalue weighted by Crippen LogP contribution is 2.33. The van der Waals surface area contributed by atoms with Crippen LogP contribution in [0.15, 0.2) is 18.2 Å². The summed E-state index contributed by atoms with van der Waals surface area (Å²) in [6.07, 6.45) is 2.30. The van der Waals surface area contributed by atoms with Crippen LogP contribution in [0.1, 0.15) is 38.3 Å². The summed E-state index contributed by atoms with van der Waals surface area (Å²) in [6.45, 7) is 6.07. The number of nitrogens with zero attached hydrogens (tertiary/aromatic N) is 1. The number of likely N-dealkylation sites (tertiary alicyclic amines) is 1. The number of hydrogen-bond donors (Lipinski definition) is 2. The van der Waals surface area contributed by atoms with Crippen molar-refractivity contribution in [2.24, 2.45) is 5.84 Å². The van der Waals surface area contributed by atoms with Crippen molar-refractivity contribution in [1.82, 2.24) is 10.3 Å². The Morgan fingerprint density at radius 2 is 1.68 bits per heavy atom. The van der Waals surface area contributed by atoms with Gasteiger partial charge in [-0.25, -0.2) is 8.78 Å². The van der Waals surface area contributed by atoms with Crippen molar-refractivity contribution in [1.29, 1.82) is 0 Å². The van der Waals surface area contributed by atoms with E-state index in [1.165, 1.54) is 12.1 Å². The highest BCUT2D eigenvalue weighted by Gasteiger charge is 2.37. The third-order valence-corrected chi connectivity index (χ3v) is 4.01. The summed E-state index contributed by atoms with van der Waals surface area (Å²) >= 11 is 0. The molecule has 1 aliphatic heterocycles. The summed E-state index contributed by atoms with van der Waals surface area (Å²) in [7, 11) is 0. The van der Waals surface area contributed by atoms with Crippen LogP contribution < -0.4 is 11.3 Å². The van der Waals surface area contributed by atoms with Crippen LogP contribution in [0.3, 0.4) is 0 Å². The Labute approximate surface area is 112 Å². The van der Waals surface area contributed by atoms with Gasteiger partial charge in [0.2, 0.25) is 0 Å². The highest BCUT2D eigenvalue weighted by molar-refractivity contribution is 5.24. The van der Waals surface area contributed by atoms with E-state index < -0.39 is 11.6 Å². The van der Waals surface area contributed by atoms with E-state index in [1.807, 2.05) is 13.8 Å². The summed E-state index contributed by atoms with van der Waals surface area (Å²) in [4.78, 5) is 2.31. The van der Waals surface area contributed by atoms with Crippen LogP contribution in [-0.2, 0) is 0 Å². The molecule has 0 aliphatic carbocycles. The van der Waals surface area contributed by atoms with Crippen LogP contribution >= 0.6 is 0 Å². The fourth-order valence-corrected chi connectivity index (χ4v) is 2.93. The fourth-order valence-electron chi connectivity index (χ4n) is 2.93. The average molecular weight is 269 g/mol. The Balaban J connectivity index is 2.32. The molecule has 1 unspecified atom stereocenters. The van der Waals surface area contributed by atoms with Crippen molar-refractivity contribution in [3.63, 3.8) is 0 Å². The predicted molar refractivity (Wildman–Crippen MR) is 71.3 cm³/mol. The van der Waals surface area contributed by atoms with Gasteiger partial charge in [0.15, 0.2) is 0 Å². The molecule has 106 valence electrons. The first-order valence-electron chi connectivity index (χ1n) is 6.62. The molecular formula is C14H21F2N3. The second-order valence-electron chi connectivity index (χ2n) is 5.65. The predicted octanol–water partition coefficient (Wildman–Crippen LogP) is 2.34. The molecule has 1 aliphatic rings. The van der Waals surface area contributed by atoms with Crippen molar-refractivity contribution in [3.05, 3.63) is 35.4 Å². The molecule has 0 amide bonds. The monoisotopic (exact) mass is 269 g/mol. The minimum Gasteiger partial charge on any atom is -0.296 e. The van der Waals surface area contributed by atoms with Crippen molar-refractivity contribution in [2.75, 3.05) is 13.1 Å². The maximum absolute atomic E-state index is 13.4. The summed E-state index contributed by atoms with van der Waals surface area (Å²) in [6, 6.07) is 3.23. The number of hydrogen-bond acceptors (Lipinski definition) is 3. The lowest BCUT2D eigenvalue weighted by Gasteiger charge is -2.42. The van der Waals surface area contributed by atoms with E-state index in [0.717, 1.165) is 32.0 Å². The molecule has 1 saturated heterocycles. The number of benzene rings is 1. The quantitative estimate of drug-likeness (QED) is 0.651. The van der Waals surface area contributed by atoms with Gasteiger partial charge in [0, 0.05) is 11.6 Å². The van der Waals surface area contributed by atoms with Gasteiger partial charge in [0.1, 0.15) is 11.6 Å². The summed E-state index contributed by atoms with van der Waals surface area (Å²) in [5.41, 5.74) is 2.95. The molecule has 19 heavy (non-hydrogen) atoms. The highest BCUT2D eigenvalue weighted by atomic mass is 19.1. The fraction of sp³-hybridized carbons (Fsp3) is 0.571. The van der Waals surface area contributed by atoms with Gasteiger partial charge in [-0.3, -0.25) is 16.2 Å². The van der Waals surface area contributed by atoms with Crippen LogP contribution in [0.2, 0.25) is 0 Å². The number of hydrazine groups is 1. The standard InChI is InChI=1S/C14H21F2N3/c1-14(2,19-5-3-4-6-19)13(18-17)10-7-11(15)9-12(16)8-10/h7-9,13,18H,3-6,17H2,1-2H3. The van der Waals surface area contributed by atoms with E-state index in [1.54, 1.807) is 0 Å². The van der Waals surface area contributed by atoms with Gasteiger partial charge < -0.3 is 0 Å². The minimum absolute atomic E-state index is 0.300. The van der Waals surface area contributed by atoms with E-state index >= 15 is 0 Å². The van der Waals surface area contributed by atoms with Gasteiger partial charge in [0.25, 0.3) is 0 Å². The van der Waals surface area contributed by atoms with Gasteiger partial charge in [-0.05, 0) is 57.5 Å². The summed E-state index contributed by atoms with van der Waals surface area (Å²) in [5.74, 6) is 4.48. The number of nitrogens with two attached hydrogens (primary N) is 1. The Kier molecular flexibility index (Phi) is 4.18.